The maximum Gasteiger partial charge on any atom is 0.216 e. The Bertz CT molecular complexity index is 361. The van der Waals surface area contributed by atoms with E-state index in [4.69, 9.17) is 0 Å². The maximum atomic E-state index is 10.6. The van der Waals surface area contributed by atoms with Crippen molar-refractivity contribution in [2.24, 2.45) is 0 Å². The van der Waals surface area contributed by atoms with Gasteiger partial charge in [0.05, 0.1) is 0 Å². The van der Waals surface area contributed by atoms with Crippen molar-refractivity contribution in [2.75, 3.05) is 13.1 Å². The van der Waals surface area contributed by atoms with Crippen LogP contribution in [0.15, 0.2) is 18.2 Å². The molecule has 0 radical (unpaired) electrons. The minimum absolute atomic E-state index is 0.0218. The normalized spacial score (nSPS) is 10.2. The molecule has 0 aromatic heterocycles. The second-order valence-corrected chi connectivity index (χ2v) is 4.09. The van der Waals surface area contributed by atoms with Crippen molar-refractivity contribution >= 4 is 5.91 Å². The van der Waals surface area contributed by atoms with Crippen LogP contribution in [-0.2, 0) is 11.3 Å². The van der Waals surface area contributed by atoms with Gasteiger partial charge in [-0.3, -0.25) is 4.79 Å². The zero-order valence-electron chi connectivity index (χ0n) is 10.3. The third-order valence-corrected chi connectivity index (χ3v) is 2.50. The first-order valence-electron chi connectivity index (χ1n) is 5.61. The largest absolute Gasteiger partial charge is 0.355 e. The van der Waals surface area contributed by atoms with Crippen molar-refractivity contribution < 1.29 is 4.79 Å². The Balaban J connectivity index is 2.31. The van der Waals surface area contributed by atoms with E-state index in [9.17, 15) is 4.79 Å². The summed E-state index contributed by atoms with van der Waals surface area (Å²) in [6, 6.07) is 6.46. The molecule has 1 amide bonds. The highest BCUT2D eigenvalue weighted by Gasteiger charge is 1.98. The monoisotopic (exact) mass is 220 g/mol. The molecule has 0 bridgehead atoms. The van der Waals surface area contributed by atoms with E-state index in [1.807, 2.05) is 0 Å². The molecule has 1 rings (SSSR count). The molecule has 0 atom stereocenters. The van der Waals surface area contributed by atoms with Crippen molar-refractivity contribution in [3.8, 4) is 0 Å². The summed E-state index contributed by atoms with van der Waals surface area (Å²) < 4.78 is 0. The summed E-state index contributed by atoms with van der Waals surface area (Å²) in [5.74, 6) is 0.0218. The number of nitrogens with one attached hydrogen (secondary N) is 2. The number of benzene rings is 1. The van der Waals surface area contributed by atoms with Gasteiger partial charge in [-0.1, -0.05) is 23.8 Å². The molecule has 2 N–H and O–H groups in total. The van der Waals surface area contributed by atoms with Crippen molar-refractivity contribution in [1.29, 1.82) is 0 Å². The lowest BCUT2D eigenvalue weighted by molar-refractivity contribution is -0.118. The van der Waals surface area contributed by atoms with Gasteiger partial charge in [-0.05, 0) is 25.0 Å². The van der Waals surface area contributed by atoms with Crippen LogP contribution >= 0.6 is 0 Å². The van der Waals surface area contributed by atoms with Crippen LogP contribution in [-0.4, -0.2) is 19.0 Å². The summed E-state index contributed by atoms with van der Waals surface area (Å²) in [5.41, 5.74) is 3.91. The average Bonchev–Trinajstić information content (AvgIpc) is 2.22. The number of hydrogen-bond donors (Lipinski definition) is 2. The van der Waals surface area contributed by atoms with Crippen molar-refractivity contribution in [3.05, 3.63) is 34.9 Å². The van der Waals surface area contributed by atoms with Crippen LogP contribution in [0.25, 0.3) is 0 Å². The summed E-state index contributed by atoms with van der Waals surface area (Å²) in [4.78, 5) is 10.6. The van der Waals surface area contributed by atoms with E-state index in [0.29, 0.717) is 6.54 Å². The van der Waals surface area contributed by atoms with E-state index in [0.717, 1.165) is 13.1 Å². The first kappa shape index (κ1) is 12.7. The molecule has 1 aromatic rings. The highest BCUT2D eigenvalue weighted by atomic mass is 16.1. The van der Waals surface area contributed by atoms with Crippen LogP contribution in [0.2, 0.25) is 0 Å². The lowest BCUT2D eigenvalue weighted by Crippen LogP contribution is -2.30. The van der Waals surface area contributed by atoms with Gasteiger partial charge in [0.2, 0.25) is 5.91 Å². The van der Waals surface area contributed by atoms with E-state index in [1.54, 1.807) is 0 Å². The molecule has 0 unspecified atom stereocenters. The van der Waals surface area contributed by atoms with Crippen molar-refractivity contribution in [3.63, 3.8) is 0 Å². The molecule has 88 valence electrons. The van der Waals surface area contributed by atoms with Crippen LogP contribution in [0, 0.1) is 13.8 Å². The molecule has 0 spiro atoms. The molecule has 16 heavy (non-hydrogen) atoms. The second-order valence-electron chi connectivity index (χ2n) is 4.09. The molecule has 3 nitrogen and oxygen atoms in total. The molecule has 0 saturated carbocycles. The molecule has 0 fully saturated rings. The van der Waals surface area contributed by atoms with Gasteiger partial charge in [0, 0.05) is 26.6 Å². The Morgan fingerprint density at radius 1 is 1.25 bits per heavy atom. The molecule has 0 aliphatic heterocycles. The van der Waals surface area contributed by atoms with E-state index < -0.39 is 0 Å². The summed E-state index contributed by atoms with van der Waals surface area (Å²) >= 11 is 0. The minimum atomic E-state index is 0.0218. The lowest BCUT2D eigenvalue weighted by Gasteiger charge is -2.09. The fourth-order valence-corrected chi connectivity index (χ4v) is 1.54. The van der Waals surface area contributed by atoms with Gasteiger partial charge in [0.25, 0.3) is 0 Å². The molecule has 1 aromatic carbocycles. The second kappa shape index (κ2) is 6.28. The Morgan fingerprint density at radius 3 is 2.69 bits per heavy atom. The van der Waals surface area contributed by atoms with Gasteiger partial charge >= 0.3 is 0 Å². The predicted octanol–water partition coefficient (Wildman–Crippen LogP) is 1.53. The van der Waals surface area contributed by atoms with E-state index in [-0.39, 0.29) is 5.91 Å². The topological polar surface area (TPSA) is 41.1 Å². The Morgan fingerprint density at radius 2 is 2.00 bits per heavy atom. The Labute approximate surface area is 97.2 Å². The quantitative estimate of drug-likeness (QED) is 0.739. The Kier molecular flexibility index (Phi) is 4.99. The molecular formula is C13H20N2O. The van der Waals surface area contributed by atoms with E-state index >= 15 is 0 Å². The molecule has 3 heteroatoms. The summed E-state index contributed by atoms with van der Waals surface area (Å²) in [6.45, 7) is 8.08. The zero-order chi connectivity index (χ0) is 12.0. The molecule has 0 aliphatic carbocycles. The number of carbonyl (C=O) groups is 1. The van der Waals surface area contributed by atoms with E-state index in [2.05, 4.69) is 42.7 Å². The first-order valence-corrected chi connectivity index (χ1v) is 5.61. The van der Waals surface area contributed by atoms with Crippen LogP contribution in [0.5, 0.6) is 0 Å². The molecule has 0 heterocycles. The SMILES string of the molecule is CC(=O)NCCNCc1cc(C)ccc1C. The van der Waals surface area contributed by atoms with Crippen molar-refractivity contribution in [1.82, 2.24) is 10.6 Å². The highest BCUT2D eigenvalue weighted by Crippen LogP contribution is 2.09. The van der Waals surface area contributed by atoms with Crippen LogP contribution < -0.4 is 10.6 Å². The molecule has 0 aliphatic rings. The smallest absolute Gasteiger partial charge is 0.216 e. The first-order chi connectivity index (χ1) is 7.59. The highest BCUT2D eigenvalue weighted by molar-refractivity contribution is 5.72. The van der Waals surface area contributed by atoms with E-state index in [1.165, 1.54) is 23.6 Å². The van der Waals surface area contributed by atoms with Gasteiger partial charge in [0.15, 0.2) is 0 Å². The van der Waals surface area contributed by atoms with Gasteiger partial charge in [0.1, 0.15) is 0 Å². The fraction of sp³-hybridized carbons (Fsp3) is 0.462. The minimum Gasteiger partial charge on any atom is -0.355 e. The van der Waals surface area contributed by atoms with Gasteiger partial charge in [-0.15, -0.1) is 0 Å². The summed E-state index contributed by atoms with van der Waals surface area (Å²) in [5, 5.41) is 6.07. The number of hydrogen-bond acceptors (Lipinski definition) is 2. The number of amides is 1. The van der Waals surface area contributed by atoms with Gasteiger partial charge in [-0.2, -0.15) is 0 Å². The average molecular weight is 220 g/mol. The van der Waals surface area contributed by atoms with Gasteiger partial charge < -0.3 is 10.6 Å². The van der Waals surface area contributed by atoms with Crippen LogP contribution in [0.1, 0.15) is 23.6 Å². The molecule has 0 saturated heterocycles. The number of aryl methyl sites for hydroxylation is 2. The number of carbonyl (C=O) groups excluding carboxylic acids is 1. The van der Waals surface area contributed by atoms with Crippen molar-refractivity contribution in [2.45, 2.75) is 27.3 Å². The standard InChI is InChI=1S/C13H20N2O/c1-10-4-5-11(2)13(8-10)9-14-6-7-15-12(3)16/h4-5,8,14H,6-7,9H2,1-3H3,(H,15,16). The summed E-state index contributed by atoms with van der Waals surface area (Å²) in [7, 11) is 0. The third kappa shape index (κ3) is 4.45. The fourth-order valence-electron chi connectivity index (χ4n) is 1.54. The number of rotatable bonds is 5. The Hall–Kier alpha value is -1.35. The molecular weight excluding hydrogens is 200 g/mol. The predicted molar refractivity (Wildman–Crippen MR) is 66.3 cm³/mol. The summed E-state index contributed by atoms with van der Waals surface area (Å²) in [6.07, 6.45) is 0. The van der Waals surface area contributed by atoms with Crippen LogP contribution in [0.3, 0.4) is 0 Å². The van der Waals surface area contributed by atoms with Crippen LogP contribution in [0.4, 0.5) is 0 Å². The maximum absolute atomic E-state index is 10.6. The lowest BCUT2D eigenvalue weighted by atomic mass is 10.1. The zero-order valence-corrected chi connectivity index (χ0v) is 10.3. The van der Waals surface area contributed by atoms with Gasteiger partial charge in [-0.25, -0.2) is 0 Å². The third-order valence-electron chi connectivity index (χ3n) is 2.50.